The Kier molecular flexibility index (Phi) is 2.76. The van der Waals surface area contributed by atoms with Gasteiger partial charge in [0.05, 0.1) is 0 Å². The zero-order valence-electron chi connectivity index (χ0n) is 10.0. The van der Waals surface area contributed by atoms with Crippen molar-refractivity contribution in [2.45, 2.75) is 13.0 Å². The van der Waals surface area contributed by atoms with Crippen LogP contribution in [0.3, 0.4) is 0 Å². The lowest BCUT2D eigenvalue weighted by Gasteiger charge is -2.19. The number of hydrogen-bond donors (Lipinski definition) is 2. The Morgan fingerprint density at radius 3 is 3.12 bits per heavy atom. The van der Waals surface area contributed by atoms with Gasteiger partial charge in [-0.25, -0.2) is 0 Å². The maximum absolute atomic E-state index is 5.39. The Labute approximate surface area is 107 Å². The lowest BCUT2D eigenvalue weighted by molar-refractivity contribution is 0.692. The van der Waals surface area contributed by atoms with Gasteiger partial charge in [0.25, 0.3) is 0 Å². The average Bonchev–Trinajstić information content (AvgIpc) is 2.66. The van der Waals surface area contributed by atoms with E-state index in [1.807, 2.05) is 7.05 Å². The molecular formula is C13H17N3S. The third kappa shape index (κ3) is 1.72. The van der Waals surface area contributed by atoms with E-state index in [-0.39, 0.29) is 0 Å². The molecule has 0 saturated carbocycles. The highest BCUT2D eigenvalue weighted by Gasteiger charge is 2.26. The highest BCUT2D eigenvalue weighted by atomic mass is 32.1. The molecule has 90 valence electrons. The second-order valence-corrected chi connectivity index (χ2v) is 5.00. The van der Waals surface area contributed by atoms with Gasteiger partial charge in [0.2, 0.25) is 0 Å². The summed E-state index contributed by atoms with van der Waals surface area (Å²) in [5.74, 6) is 0. The van der Waals surface area contributed by atoms with Crippen molar-refractivity contribution in [3.8, 4) is 0 Å². The van der Waals surface area contributed by atoms with E-state index in [9.17, 15) is 0 Å². The Morgan fingerprint density at radius 1 is 1.41 bits per heavy atom. The minimum atomic E-state index is 0.863. The van der Waals surface area contributed by atoms with Gasteiger partial charge in [-0.1, -0.05) is 24.4 Å². The predicted octanol–water partition coefficient (Wildman–Crippen LogP) is 1.05. The minimum absolute atomic E-state index is 0.863. The van der Waals surface area contributed by atoms with Gasteiger partial charge in [-0.05, 0) is 17.5 Å². The highest BCUT2D eigenvalue weighted by Crippen LogP contribution is 2.35. The molecule has 2 aliphatic heterocycles. The largest absolute Gasteiger partial charge is 0.379 e. The van der Waals surface area contributed by atoms with Crippen molar-refractivity contribution < 1.29 is 0 Å². The van der Waals surface area contributed by atoms with Crippen LogP contribution in [0.2, 0.25) is 0 Å². The predicted molar refractivity (Wildman–Crippen MR) is 74.8 cm³/mol. The molecule has 1 aromatic rings. The first kappa shape index (κ1) is 11.0. The quantitative estimate of drug-likeness (QED) is 0.725. The van der Waals surface area contributed by atoms with Crippen molar-refractivity contribution in [3.05, 3.63) is 28.8 Å². The molecule has 1 aromatic carbocycles. The molecular weight excluding hydrogens is 230 g/mol. The number of nitrogens with zero attached hydrogens (tertiary/aromatic N) is 1. The third-order valence-electron chi connectivity index (χ3n) is 3.66. The summed E-state index contributed by atoms with van der Waals surface area (Å²) < 4.78 is 0. The molecule has 3 rings (SSSR count). The molecule has 0 fully saturated rings. The van der Waals surface area contributed by atoms with Crippen molar-refractivity contribution in [1.82, 2.24) is 10.6 Å². The van der Waals surface area contributed by atoms with E-state index >= 15 is 0 Å². The molecule has 0 radical (unpaired) electrons. The lowest BCUT2D eigenvalue weighted by atomic mass is 10.0. The van der Waals surface area contributed by atoms with Gasteiger partial charge in [0, 0.05) is 44.5 Å². The van der Waals surface area contributed by atoms with Crippen molar-refractivity contribution in [1.29, 1.82) is 0 Å². The van der Waals surface area contributed by atoms with Gasteiger partial charge in [0.15, 0.2) is 0 Å². The second kappa shape index (κ2) is 4.27. The van der Waals surface area contributed by atoms with E-state index in [0.717, 1.165) is 37.6 Å². The molecule has 0 spiro atoms. The average molecular weight is 247 g/mol. The van der Waals surface area contributed by atoms with Crippen LogP contribution in [-0.4, -0.2) is 31.7 Å². The molecule has 2 N–H and O–H groups in total. The molecule has 4 heteroatoms. The molecule has 3 nitrogen and oxygen atoms in total. The molecule has 0 aliphatic carbocycles. The second-order valence-electron chi connectivity index (χ2n) is 4.59. The minimum Gasteiger partial charge on any atom is -0.379 e. The van der Waals surface area contributed by atoms with Crippen LogP contribution in [0.25, 0.3) is 0 Å². The summed E-state index contributed by atoms with van der Waals surface area (Å²) in [6.07, 6.45) is 1.13. The Bertz CT molecular complexity index is 470. The molecule has 2 heterocycles. The van der Waals surface area contributed by atoms with Crippen molar-refractivity contribution in [3.63, 3.8) is 0 Å². The molecule has 0 aromatic heterocycles. The van der Waals surface area contributed by atoms with E-state index < -0.39 is 0 Å². The fraction of sp³-hybridized carbons (Fsp3) is 0.462. The van der Waals surface area contributed by atoms with Gasteiger partial charge < -0.3 is 15.5 Å². The first-order valence-corrected chi connectivity index (χ1v) is 6.54. The zero-order valence-corrected chi connectivity index (χ0v) is 10.9. The maximum Gasteiger partial charge on any atom is 0.106 e. The SMILES string of the molecule is CNC(=S)c1ccc2c3c1CCN3CCNC2. The van der Waals surface area contributed by atoms with Gasteiger partial charge in [-0.2, -0.15) is 0 Å². The summed E-state index contributed by atoms with van der Waals surface area (Å²) in [4.78, 5) is 3.36. The topological polar surface area (TPSA) is 27.3 Å². The summed E-state index contributed by atoms with van der Waals surface area (Å²) in [6, 6.07) is 4.39. The van der Waals surface area contributed by atoms with Gasteiger partial charge >= 0.3 is 0 Å². The molecule has 17 heavy (non-hydrogen) atoms. The Hall–Kier alpha value is -1.13. The molecule has 0 atom stereocenters. The van der Waals surface area contributed by atoms with Crippen LogP contribution in [-0.2, 0) is 13.0 Å². The number of hydrogen-bond acceptors (Lipinski definition) is 3. The summed E-state index contributed by atoms with van der Waals surface area (Å²) in [7, 11) is 1.90. The van der Waals surface area contributed by atoms with Crippen LogP contribution in [0.4, 0.5) is 5.69 Å². The van der Waals surface area contributed by atoms with Crippen molar-refractivity contribution in [2.75, 3.05) is 31.6 Å². The van der Waals surface area contributed by atoms with E-state index in [0.29, 0.717) is 0 Å². The van der Waals surface area contributed by atoms with Crippen LogP contribution in [0, 0.1) is 0 Å². The first-order chi connectivity index (χ1) is 8.31. The van der Waals surface area contributed by atoms with Crippen LogP contribution in [0.15, 0.2) is 12.1 Å². The van der Waals surface area contributed by atoms with Crippen LogP contribution in [0.1, 0.15) is 16.7 Å². The van der Waals surface area contributed by atoms with E-state index in [2.05, 4.69) is 27.7 Å². The smallest absolute Gasteiger partial charge is 0.106 e. The zero-order chi connectivity index (χ0) is 11.8. The Balaban J connectivity index is 2.13. The van der Waals surface area contributed by atoms with E-state index in [1.54, 1.807) is 0 Å². The third-order valence-corrected chi connectivity index (χ3v) is 4.08. The summed E-state index contributed by atoms with van der Waals surface area (Å²) in [6.45, 7) is 4.29. The molecule has 2 aliphatic rings. The van der Waals surface area contributed by atoms with Crippen LogP contribution < -0.4 is 15.5 Å². The fourth-order valence-electron chi connectivity index (χ4n) is 2.84. The van der Waals surface area contributed by atoms with E-state index in [1.165, 1.54) is 22.4 Å². The van der Waals surface area contributed by atoms with Crippen LogP contribution >= 0.6 is 12.2 Å². The highest BCUT2D eigenvalue weighted by molar-refractivity contribution is 7.80. The van der Waals surface area contributed by atoms with Crippen molar-refractivity contribution >= 4 is 22.9 Å². The Morgan fingerprint density at radius 2 is 2.29 bits per heavy atom. The lowest BCUT2D eigenvalue weighted by Crippen LogP contribution is -2.27. The van der Waals surface area contributed by atoms with Gasteiger partial charge in [0.1, 0.15) is 4.99 Å². The van der Waals surface area contributed by atoms with Gasteiger partial charge in [-0.15, -0.1) is 0 Å². The number of nitrogens with one attached hydrogen (secondary N) is 2. The number of anilines is 1. The summed E-state index contributed by atoms with van der Waals surface area (Å²) in [5.41, 5.74) is 5.50. The molecule has 0 bridgehead atoms. The normalized spacial score (nSPS) is 17.6. The summed E-state index contributed by atoms with van der Waals surface area (Å²) >= 11 is 5.39. The molecule has 0 amide bonds. The van der Waals surface area contributed by atoms with Gasteiger partial charge in [-0.3, -0.25) is 0 Å². The standard InChI is InChI=1S/C13H17N3S/c1-14-13(17)11-3-2-9-8-15-5-7-16-6-4-10(11)12(9)16/h2-3,15H,4-8H2,1H3,(H,14,17). The monoisotopic (exact) mass is 247 g/mol. The van der Waals surface area contributed by atoms with Crippen molar-refractivity contribution in [2.24, 2.45) is 0 Å². The number of rotatable bonds is 1. The van der Waals surface area contributed by atoms with Crippen LogP contribution in [0.5, 0.6) is 0 Å². The maximum atomic E-state index is 5.39. The molecule has 0 unspecified atom stereocenters. The molecule has 0 saturated heterocycles. The number of thiocarbonyl (C=S) groups is 1. The van der Waals surface area contributed by atoms with E-state index in [4.69, 9.17) is 12.2 Å². The number of benzene rings is 1. The summed E-state index contributed by atoms with van der Waals surface area (Å²) in [5, 5.41) is 6.56. The first-order valence-electron chi connectivity index (χ1n) is 6.14. The fourth-order valence-corrected chi connectivity index (χ4v) is 3.03.